The third-order valence-electron chi connectivity index (χ3n) is 1.71. The maximum atomic E-state index is 10.8. The number of carbonyl (C=O) groups excluding carboxylic acids is 1. The van der Waals surface area contributed by atoms with Crippen LogP contribution in [0, 0.1) is 0 Å². The number of pyridine rings is 1. The number of carbonyl (C=O) groups is 1. The van der Waals surface area contributed by atoms with Crippen molar-refractivity contribution in [3.63, 3.8) is 0 Å². The Bertz CT molecular complexity index is 438. The zero-order valence-corrected chi connectivity index (χ0v) is 7.18. The van der Waals surface area contributed by atoms with E-state index in [0.29, 0.717) is 17.0 Å². The van der Waals surface area contributed by atoms with Gasteiger partial charge in [-0.05, 0) is 6.07 Å². The smallest absolute Gasteiger partial charge is 0.250 e. The summed E-state index contributed by atoms with van der Waals surface area (Å²) in [5.41, 5.74) is 5.98. The van der Waals surface area contributed by atoms with Gasteiger partial charge in [-0.3, -0.25) is 14.8 Å². The van der Waals surface area contributed by atoms with Gasteiger partial charge in [0.05, 0.1) is 18.0 Å². The lowest BCUT2D eigenvalue weighted by Gasteiger charge is -2.03. The van der Waals surface area contributed by atoms with Crippen molar-refractivity contribution in [2.45, 2.75) is 0 Å². The maximum Gasteiger partial charge on any atom is 0.250 e. The van der Waals surface area contributed by atoms with Gasteiger partial charge in [-0.15, -0.1) is 0 Å². The minimum absolute atomic E-state index is 0.312. The third-order valence-corrected chi connectivity index (χ3v) is 1.71. The molecule has 2 heterocycles. The van der Waals surface area contributed by atoms with Crippen molar-refractivity contribution in [2.24, 2.45) is 10.7 Å². The summed E-state index contributed by atoms with van der Waals surface area (Å²) in [6.07, 6.45) is 5.84. The van der Waals surface area contributed by atoms with E-state index < -0.39 is 5.91 Å². The molecule has 0 radical (unpaired) electrons. The van der Waals surface area contributed by atoms with Gasteiger partial charge >= 0.3 is 0 Å². The van der Waals surface area contributed by atoms with E-state index >= 15 is 0 Å². The number of primary amides is 1. The van der Waals surface area contributed by atoms with Gasteiger partial charge in [0.15, 0.2) is 5.75 Å². The van der Waals surface area contributed by atoms with E-state index in [-0.39, 0.29) is 0 Å². The second-order valence-corrected chi connectivity index (χ2v) is 2.65. The maximum absolute atomic E-state index is 10.8. The number of aromatic nitrogens is 1. The average molecular weight is 189 g/mol. The predicted octanol–water partition coefficient (Wildman–Crippen LogP) is 0.463. The van der Waals surface area contributed by atoms with Crippen molar-refractivity contribution in [2.75, 3.05) is 0 Å². The second kappa shape index (κ2) is 3.29. The van der Waals surface area contributed by atoms with Crippen molar-refractivity contribution in [3.8, 4) is 5.75 Å². The Morgan fingerprint density at radius 2 is 2.36 bits per heavy atom. The number of fused-ring (bicyclic) bond motifs is 1. The first-order valence-electron chi connectivity index (χ1n) is 3.92. The number of aliphatic imine (C=N–C) groups is 1. The van der Waals surface area contributed by atoms with Crippen LogP contribution in [0.15, 0.2) is 29.7 Å². The molecular weight excluding hydrogens is 182 g/mol. The average Bonchev–Trinajstić information content (AvgIpc) is 2.41. The molecule has 0 bridgehead atoms. The summed E-state index contributed by atoms with van der Waals surface area (Å²) < 4.78 is 5.16. The Morgan fingerprint density at radius 1 is 1.50 bits per heavy atom. The summed E-state index contributed by atoms with van der Waals surface area (Å²) in [7, 11) is 0. The molecule has 0 unspecified atom stereocenters. The van der Waals surface area contributed by atoms with Crippen molar-refractivity contribution < 1.29 is 9.53 Å². The molecule has 1 aliphatic rings. The van der Waals surface area contributed by atoms with Gasteiger partial charge in [0.2, 0.25) is 5.91 Å². The molecule has 5 heteroatoms. The van der Waals surface area contributed by atoms with Crippen LogP contribution in [-0.4, -0.2) is 17.1 Å². The standard InChI is InChI=1S/C9H7N3O2/c10-9(13)6-3-8-7(12-4-6)5-11-1-2-14-8/h1-5H,(H2,10,13). The molecule has 1 aromatic heterocycles. The van der Waals surface area contributed by atoms with Crippen LogP contribution in [0.25, 0.3) is 0 Å². The first-order valence-corrected chi connectivity index (χ1v) is 3.92. The Morgan fingerprint density at radius 3 is 3.14 bits per heavy atom. The van der Waals surface area contributed by atoms with Crippen LogP contribution in [-0.2, 0) is 0 Å². The van der Waals surface area contributed by atoms with Gasteiger partial charge in [0.25, 0.3) is 0 Å². The molecule has 0 saturated carbocycles. The summed E-state index contributed by atoms with van der Waals surface area (Å²) in [6, 6.07) is 1.53. The van der Waals surface area contributed by atoms with Crippen LogP contribution in [0.2, 0.25) is 0 Å². The van der Waals surface area contributed by atoms with Crippen LogP contribution in [0.4, 0.5) is 0 Å². The number of ether oxygens (including phenoxy) is 1. The minimum atomic E-state index is -0.533. The first-order chi connectivity index (χ1) is 6.77. The molecule has 0 aromatic carbocycles. The molecule has 14 heavy (non-hydrogen) atoms. The summed E-state index contributed by atoms with van der Waals surface area (Å²) >= 11 is 0. The van der Waals surface area contributed by atoms with E-state index in [2.05, 4.69) is 9.98 Å². The van der Waals surface area contributed by atoms with Crippen LogP contribution >= 0.6 is 0 Å². The second-order valence-electron chi connectivity index (χ2n) is 2.65. The highest BCUT2D eigenvalue weighted by atomic mass is 16.5. The van der Waals surface area contributed by atoms with E-state index in [1.54, 1.807) is 6.21 Å². The minimum Gasteiger partial charge on any atom is -0.461 e. The lowest BCUT2D eigenvalue weighted by molar-refractivity contribution is 0.0999. The lowest BCUT2D eigenvalue weighted by atomic mass is 10.2. The van der Waals surface area contributed by atoms with Crippen LogP contribution in [0.1, 0.15) is 16.1 Å². The summed E-state index contributed by atoms with van der Waals surface area (Å²) in [4.78, 5) is 18.7. The summed E-state index contributed by atoms with van der Waals surface area (Å²) in [6.45, 7) is 0. The molecule has 0 saturated heterocycles. The normalized spacial score (nSPS) is 12.9. The van der Waals surface area contributed by atoms with Gasteiger partial charge in [0.1, 0.15) is 12.0 Å². The van der Waals surface area contributed by atoms with Crippen molar-refractivity contribution in [1.82, 2.24) is 4.98 Å². The molecule has 2 rings (SSSR count). The van der Waals surface area contributed by atoms with Crippen molar-refractivity contribution in [3.05, 3.63) is 36.0 Å². The highest BCUT2D eigenvalue weighted by molar-refractivity contribution is 5.94. The summed E-state index contributed by atoms with van der Waals surface area (Å²) in [5.74, 6) is -0.0622. The monoisotopic (exact) mass is 189 g/mol. The fourth-order valence-electron chi connectivity index (χ4n) is 1.03. The number of amides is 1. The van der Waals surface area contributed by atoms with E-state index in [0.717, 1.165) is 0 Å². The van der Waals surface area contributed by atoms with E-state index in [1.165, 1.54) is 24.7 Å². The van der Waals surface area contributed by atoms with E-state index in [4.69, 9.17) is 10.5 Å². The number of nitrogens with two attached hydrogens (primary N) is 1. The molecule has 5 nitrogen and oxygen atoms in total. The van der Waals surface area contributed by atoms with Gasteiger partial charge in [-0.2, -0.15) is 0 Å². The first kappa shape index (κ1) is 8.43. The number of hydrogen-bond acceptors (Lipinski definition) is 4. The number of hydrogen-bond donors (Lipinski definition) is 1. The predicted molar refractivity (Wildman–Crippen MR) is 50.1 cm³/mol. The summed E-state index contributed by atoms with van der Waals surface area (Å²) in [5, 5.41) is 0. The van der Waals surface area contributed by atoms with Crippen molar-refractivity contribution in [1.29, 1.82) is 0 Å². The van der Waals surface area contributed by atoms with Crippen LogP contribution in [0.5, 0.6) is 5.75 Å². The molecule has 1 aliphatic heterocycles. The Balaban J connectivity index is 2.49. The van der Waals surface area contributed by atoms with Crippen molar-refractivity contribution >= 4 is 12.1 Å². The fourth-order valence-corrected chi connectivity index (χ4v) is 1.03. The Kier molecular flexibility index (Phi) is 1.98. The number of rotatable bonds is 1. The molecular formula is C9H7N3O2. The lowest BCUT2D eigenvalue weighted by Crippen LogP contribution is -2.11. The highest BCUT2D eigenvalue weighted by Gasteiger charge is 2.08. The Hall–Kier alpha value is -2.17. The zero-order valence-electron chi connectivity index (χ0n) is 7.18. The largest absolute Gasteiger partial charge is 0.461 e. The van der Waals surface area contributed by atoms with Gasteiger partial charge in [-0.25, -0.2) is 0 Å². The third kappa shape index (κ3) is 1.47. The van der Waals surface area contributed by atoms with Gasteiger partial charge in [0, 0.05) is 6.20 Å². The molecule has 2 N–H and O–H groups in total. The topological polar surface area (TPSA) is 77.6 Å². The Labute approximate surface area is 79.9 Å². The molecule has 0 aliphatic carbocycles. The molecule has 0 spiro atoms. The number of nitrogens with zero attached hydrogens (tertiary/aromatic N) is 2. The molecule has 70 valence electrons. The molecule has 1 amide bonds. The highest BCUT2D eigenvalue weighted by Crippen LogP contribution is 2.18. The van der Waals surface area contributed by atoms with Crippen LogP contribution < -0.4 is 10.5 Å². The van der Waals surface area contributed by atoms with E-state index in [1.807, 2.05) is 0 Å². The quantitative estimate of drug-likeness (QED) is 0.697. The molecule has 1 aromatic rings. The fraction of sp³-hybridized carbons (Fsp3) is 0. The van der Waals surface area contributed by atoms with Crippen LogP contribution in [0.3, 0.4) is 0 Å². The zero-order chi connectivity index (χ0) is 9.97. The van der Waals surface area contributed by atoms with E-state index in [9.17, 15) is 4.79 Å². The SMILES string of the molecule is NC(=O)c1cnc2c(c1)OC=CN=C2. The molecule has 0 atom stereocenters. The molecule has 0 fully saturated rings. The van der Waals surface area contributed by atoms with Gasteiger partial charge in [-0.1, -0.05) is 0 Å². The van der Waals surface area contributed by atoms with Gasteiger partial charge < -0.3 is 10.5 Å².